The molecule has 8 N–H and O–H groups in total. The van der Waals surface area contributed by atoms with Crippen LogP contribution in [0, 0.1) is 5.92 Å². The standard InChI is InChI=1S/C27H36N8O5/c1-16(2)8-23(27(39)40)35-25(37)21(9-17-6-4-3-5-7-17)34-26(38)22(11-19-13-30-15-32-19)33-24(36)20(28)10-18-12-29-14-31-18/h3-7,12-16,20-23H,8-11,28H2,1-2H3,(H,29,31)(H,30,32)(H,33,36)(H,34,38)(H,35,37)(H,39,40). The summed E-state index contributed by atoms with van der Waals surface area (Å²) in [5, 5.41) is 17.6. The Morgan fingerprint density at radius 2 is 1.32 bits per heavy atom. The minimum absolute atomic E-state index is 0.0172. The van der Waals surface area contributed by atoms with Gasteiger partial charge in [0.2, 0.25) is 17.7 Å². The maximum absolute atomic E-state index is 13.5. The van der Waals surface area contributed by atoms with Gasteiger partial charge in [-0.15, -0.1) is 0 Å². The molecular weight excluding hydrogens is 516 g/mol. The molecule has 214 valence electrons. The highest BCUT2D eigenvalue weighted by molar-refractivity contribution is 5.94. The van der Waals surface area contributed by atoms with E-state index in [1.807, 2.05) is 19.9 Å². The van der Waals surface area contributed by atoms with Gasteiger partial charge in [0.25, 0.3) is 0 Å². The molecule has 0 aliphatic carbocycles. The van der Waals surface area contributed by atoms with Crippen molar-refractivity contribution in [1.82, 2.24) is 35.9 Å². The van der Waals surface area contributed by atoms with Crippen molar-refractivity contribution in [1.29, 1.82) is 0 Å². The molecule has 3 aromatic rings. The Hall–Kier alpha value is -4.52. The number of aromatic nitrogens is 4. The lowest BCUT2D eigenvalue weighted by Gasteiger charge is -2.25. The normalized spacial score (nSPS) is 14.1. The SMILES string of the molecule is CC(C)CC(NC(=O)C(Cc1ccccc1)NC(=O)C(Cc1cnc[nH]1)NC(=O)C(N)Cc1cnc[nH]1)C(=O)O. The largest absolute Gasteiger partial charge is 0.480 e. The Morgan fingerprint density at radius 3 is 1.85 bits per heavy atom. The monoisotopic (exact) mass is 552 g/mol. The highest BCUT2D eigenvalue weighted by atomic mass is 16.4. The van der Waals surface area contributed by atoms with E-state index in [1.165, 1.54) is 18.9 Å². The van der Waals surface area contributed by atoms with Gasteiger partial charge in [-0.2, -0.15) is 0 Å². The van der Waals surface area contributed by atoms with Crippen LogP contribution in [0.4, 0.5) is 0 Å². The summed E-state index contributed by atoms with van der Waals surface area (Å²) >= 11 is 0. The Balaban J connectivity index is 1.79. The van der Waals surface area contributed by atoms with Crippen molar-refractivity contribution >= 4 is 23.7 Å². The van der Waals surface area contributed by atoms with Crippen molar-refractivity contribution in [2.75, 3.05) is 0 Å². The van der Waals surface area contributed by atoms with Gasteiger partial charge in [-0.05, 0) is 17.9 Å². The molecule has 4 atom stereocenters. The molecule has 1 aromatic carbocycles. The van der Waals surface area contributed by atoms with Crippen molar-refractivity contribution in [3.05, 3.63) is 72.3 Å². The molecule has 13 nitrogen and oxygen atoms in total. The molecule has 13 heteroatoms. The third kappa shape index (κ3) is 9.34. The predicted octanol–water partition coefficient (Wildman–Crippen LogP) is 0.0731. The van der Waals surface area contributed by atoms with Crippen LogP contribution in [0.2, 0.25) is 0 Å². The van der Waals surface area contributed by atoms with Gasteiger partial charge in [-0.3, -0.25) is 14.4 Å². The summed E-state index contributed by atoms with van der Waals surface area (Å²) in [5.74, 6) is -3.00. The number of imidazole rings is 2. The smallest absolute Gasteiger partial charge is 0.326 e. The van der Waals surface area contributed by atoms with Crippen LogP contribution < -0.4 is 21.7 Å². The summed E-state index contributed by atoms with van der Waals surface area (Å²) in [6.07, 6.45) is 6.56. The average molecular weight is 553 g/mol. The number of hydrogen-bond donors (Lipinski definition) is 7. The van der Waals surface area contributed by atoms with Crippen LogP contribution in [0.3, 0.4) is 0 Å². The molecule has 3 amide bonds. The number of H-pyrrole nitrogens is 2. The van der Waals surface area contributed by atoms with E-state index in [1.54, 1.807) is 30.5 Å². The number of aliphatic carboxylic acids is 1. The van der Waals surface area contributed by atoms with Gasteiger partial charge < -0.3 is 36.8 Å². The highest BCUT2D eigenvalue weighted by Gasteiger charge is 2.31. The summed E-state index contributed by atoms with van der Waals surface area (Å²) in [6.45, 7) is 3.70. The van der Waals surface area contributed by atoms with Gasteiger partial charge in [0.1, 0.15) is 18.1 Å². The fraction of sp³-hybridized carbons (Fsp3) is 0.407. The number of carboxylic acid groups (broad SMARTS) is 1. The summed E-state index contributed by atoms with van der Waals surface area (Å²) in [6, 6.07) is 4.73. The molecule has 4 unspecified atom stereocenters. The number of nitrogens with zero attached hydrogens (tertiary/aromatic N) is 2. The van der Waals surface area contributed by atoms with Gasteiger partial charge in [0, 0.05) is 43.0 Å². The molecule has 0 aliphatic rings. The van der Waals surface area contributed by atoms with E-state index in [0.717, 1.165) is 5.56 Å². The molecule has 0 radical (unpaired) electrons. The Bertz CT molecular complexity index is 1230. The van der Waals surface area contributed by atoms with E-state index in [-0.39, 0.29) is 31.6 Å². The number of carbonyl (C=O) groups is 4. The lowest BCUT2D eigenvalue weighted by Crippen LogP contribution is -2.58. The number of hydrogen-bond acceptors (Lipinski definition) is 7. The van der Waals surface area contributed by atoms with E-state index in [9.17, 15) is 24.3 Å². The van der Waals surface area contributed by atoms with Crippen molar-refractivity contribution < 1.29 is 24.3 Å². The molecule has 0 fully saturated rings. The first-order valence-corrected chi connectivity index (χ1v) is 13.0. The fourth-order valence-corrected chi connectivity index (χ4v) is 4.13. The molecule has 3 rings (SSSR count). The molecule has 2 heterocycles. The van der Waals surface area contributed by atoms with Gasteiger partial charge >= 0.3 is 5.97 Å². The molecule has 40 heavy (non-hydrogen) atoms. The summed E-state index contributed by atoms with van der Waals surface area (Å²) in [4.78, 5) is 65.2. The number of carboxylic acids is 1. The van der Waals surface area contributed by atoms with E-state index < -0.39 is 47.9 Å². The maximum atomic E-state index is 13.5. The molecule has 0 aliphatic heterocycles. The van der Waals surface area contributed by atoms with Gasteiger partial charge in [0.05, 0.1) is 18.7 Å². The number of nitrogens with two attached hydrogens (primary N) is 1. The molecule has 2 aromatic heterocycles. The molecule has 0 saturated heterocycles. The summed E-state index contributed by atoms with van der Waals surface area (Å²) in [7, 11) is 0. The third-order valence-electron chi connectivity index (χ3n) is 6.18. The zero-order valence-corrected chi connectivity index (χ0v) is 22.5. The topological polar surface area (TPSA) is 208 Å². The number of aromatic amines is 2. The highest BCUT2D eigenvalue weighted by Crippen LogP contribution is 2.09. The molecule has 0 bridgehead atoms. The fourth-order valence-electron chi connectivity index (χ4n) is 4.13. The quantitative estimate of drug-likeness (QED) is 0.137. The van der Waals surface area contributed by atoms with Crippen LogP contribution in [-0.2, 0) is 38.4 Å². The minimum atomic E-state index is -1.16. The van der Waals surface area contributed by atoms with Crippen molar-refractivity contribution in [3.63, 3.8) is 0 Å². The van der Waals surface area contributed by atoms with Crippen LogP contribution >= 0.6 is 0 Å². The van der Waals surface area contributed by atoms with E-state index in [4.69, 9.17) is 5.73 Å². The van der Waals surface area contributed by atoms with Crippen LogP contribution in [0.15, 0.2) is 55.4 Å². The van der Waals surface area contributed by atoms with Crippen molar-refractivity contribution in [2.45, 2.75) is 63.7 Å². The van der Waals surface area contributed by atoms with Crippen LogP contribution in [-0.4, -0.2) is 72.9 Å². The first-order valence-electron chi connectivity index (χ1n) is 13.0. The summed E-state index contributed by atoms with van der Waals surface area (Å²) < 4.78 is 0. The summed E-state index contributed by atoms with van der Waals surface area (Å²) in [5.41, 5.74) is 8.07. The second-order valence-electron chi connectivity index (χ2n) is 10.0. The Labute approximate surface area is 231 Å². The van der Waals surface area contributed by atoms with Crippen LogP contribution in [0.1, 0.15) is 37.2 Å². The average Bonchev–Trinajstić information content (AvgIpc) is 3.62. The second kappa shape index (κ2) is 14.6. The van der Waals surface area contributed by atoms with Crippen LogP contribution in [0.25, 0.3) is 0 Å². The first kappa shape index (κ1) is 30.0. The third-order valence-corrected chi connectivity index (χ3v) is 6.18. The van der Waals surface area contributed by atoms with Gasteiger partial charge in [-0.1, -0.05) is 44.2 Å². The maximum Gasteiger partial charge on any atom is 0.326 e. The van der Waals surface area contributed by atoms with Gasteiger partial charge in [0.15, 0.2) is 0 Å². The zero-order chi connectivity index (χ0) is 29.1. The lowest BCUT2D eigenvalue weighted by atomic mass is 10.0. The van der Waals surface area contributed by atoms with E-state index >= 15 is 0 Å². The number of nitrogens with one attached hydrogen (secondary N) is 5. The number of rotatable bonds is 15. The lowest BCUT2D eigenvalue weighted by molar-refractivity contribution is -0.142. The van der Waals surface area contributed by atoms with E-state index in [2.05, 4.69) is 35.9 Å². The molecular formula is C27H36N8O5. The molecule has 0 saturated carbocycles. The Kier molecular flexibility index (Phi) is 10.9. The van der Waals surface area contributed by atoms with Crippen LogP contribution in [0.5, 0.6) is 0 Å². The predicted molar refractivity (Wildman–Crippen MR) is 146 cm³/mol. The minimum Gasteiger partial charge on any atom is -0.480 e. The Morgan fingerprint density at radius 1 is 0.800 bits per heavy atom. The van der Waals surface area contributed by atoms with Crippen molar-refractivity contribution in [3.8, 4) is 0 Å². The molecule has 0 spiro atoms. The number of amides is 3. The second-order valence-corrected chi connectivity index (χ2v) is 10.0. The first-order chi connectivity index (χ1) is 19.1. The zero-order valence-electron chi connectivity index (χ0n) is 22.5. The van der Waals surface area contributed by atoms with Gasteiger partial charge in [-0.25, -0.2) is 14.8 Å². The number of carbonyl (C=O) groups excluding carboxylic acids is 3. The number of benzene rings is 1. The van der Waals surface area contributed by atoms with E-state index in [0.29, 0.717) is 11.4 Å². The van der Waals surface area contributed by atoms with Crippen molar-refractivity contribution in [2.24, 2.45) is 11.7 Å².